The van der Waals surface area contributed by atoms with E-state index in [1.807, 2.05) is 12.1 Å². The van der Waals surface area contributed by atoms with Crippen molar-refractivity contribution in [3.63, 3.8) is 0 Å². The van der Waals surface area contributed by atoms with Crippen LogP contribution in [-0.4, -0.2) is 18.2 Å². The highest BCUT2D eigenvalue weighted by atomic mass is 16.5. The Hall–Kier alpha value is -1.48. The number of methoxy groups -OCH3 is 1. The van der Waals surface area contributed by atoms with Crippen LogP contribution in [0.25, 0.3) is 10.9 Å². The number of nitrogens with zero attached hydrogens (tertiary/aromatic N) is 1. The van der Waals surface area contributed by atoms with E-state index in [0.717, 1.165) is 11.3 Å². The smallest absolute Gasteiger partial charge is 0.143 e. The molecule has 0 aliphatic heterocycles. The van der Waals surface area contributed by atoms with Gasteiger partial charge in [-0.2, -0.15) is 0 Å². The summed E-state index contributed by atoms with van der Waals surface area (Å²) < 4.78 is 7.58. The van der Waals surface area contributed by atoms with Gasteiger partial charge in [0.15, 0.2) is 0 Å². The molecule has 3 nitrogen and oxygen atoms in total. The molecular weight excluding hydrogens is 224 g/mol. The summed E-state index contributed by atoms with van der Waals surface area (Å²) in [7, 11) is 3.77. The molecule has 0 spiro atoms. The normalized spacial score (nSPS) is 13.2. The molecule has 2 N–H and O–H groups in total. The van der Waals surface area contributed by atoms with E-state index in [4.69, 9.17) is 10.5 Å². The molecule has 3 heteroatoms. The Morgan fingerprint density at radius 1 is 1.33 bits per heavy atom. The summed E-state index contributed by atoms with van der Waals surface area (Å²) >= 11 is 0. The van der Waals surface area contributed by atoms with Crippen molar-refractivity contribution in [3.05, 3.63) is 30.0 Å². The summed E-state index contributed by atoms with van der Waals surface area (Å²) in [5.41, 5.74) is 8.41. The summed E-state index contributed by atoms with van der Waals surface area (Å²) in [4.78, 5) is 0. The molecule has 1 atom stereocenters. The van der Waals surface area contributed by atoms with Crippen LogP contribution < -0.4 is 10.5 Å². The van der Waals surface area contributed by atoms with E-state index in [0.29, 0.717) is 18.4 Å². The van der Waals surface area contributed by atoms with Crippen molar-refractivity contribution >= 4 is 10.9 Å². The van der Waals surface area contributed by atoms with E-state index in [-0.39, 0.29) is 0 Å². The first-order valence-electron chi connectivity index (χ1n) is 6.42. The maximum absolute atomic E-state index is 5.94. The number of fused-ring (bicyclic) bond motifs is 1. The van der Waals surface area contributed by atoms with Gasteiger partial charge in [0, 0.05) is 24.5 Å². The fraction of sp³-hybridized carbons (Fsp3) is 0.467. The molecule has 1 aromatic heterocycles. The van der Waals surface area contributed by atoms with E-state index in [1.54, 1.807) is 7.11 Å². The first-order chi connectivity index (χ1) is 8.60. The van der Waals surface area contributed by atoms with E-state index in [1.165, 1.54) is 10.9 Å². The van der Waals surface area contributed by atoms with Gasteiger partial charge in [-0.25, -0.2) is 0 Å². The van der Waals surface area contributed by atoms with Crippen LogP contribution in [0.5, 0.6) is 5.75 Å². The summed E-state index contributed by atoms with van der Waals surface area (Å²) in [6, 6.07) is 6.19. The second kappa shape index (κ2) is 5.02. The third-order valence-electron chi connectivity index (χ3n) is 3.67. The number of nitrogens with two attached hydrogens (primary N) is 1. The summed E-state index contributed by atoms with van der Waals surface area (Å²) in [5, 5.41) is 1.25. The molecule has 1 aromatic carbocycles. The van der Waals surface area contributed by atoms with E-state index in [9.17, 15) is 0 Å². The average Bonchev–Trinajstić information content (AvgIpc) is 2.68. The van der Waals surface area contributed by atoms with Crippen LogP contribution in [0, 0.1) is 5.92 Å². The summed E-state index contributed by atoms with van der Waals surface area (Å²) in [5.74, 6) is 1.84. The maximum Gasteiger partial charge on any atom is 0.143 e. The van der Waals surface area contributed by atoms with Crippen molar-refractivity contribution in [2.24, 2.45) is 18.7 Å². The highest BCUT2D eigenvalue weighted by Crippen LogP contribution is 2.35. The molecule has 0 saturated carbocycles. The quantitative estimate of drug-likeness (QED) is 0.901. The second-order valence-electron chi connectivity index (χ2n) is 5.14. The number of aromatic nitrogens is 1. The molecule has 0 aliphatic carbocycles. The molecule has 0 radical (unpaired) electrons. The van der Waals surface area contributed by atoms with Crippen LogP contribution in [0.4, 0.5) is 0 Å². The molecular formula is C15H22N2O. The molecule has 0 bridgehead atoms. The second-order valence-corrected chi connectivity index (χ2v) is 5.14. The Kier molecular flexibility index (Phi) is 3.62. The first-order valence-corrected chi connectivity index (χ1v) is 6.42. The zero-order valence-corrected chi connectivity index (χ0v) is 11.6. The van der Waals surface area contributed by atoms with Crippen LogP contribution in [0.15, 0.2) is 24.4 Å². The number of aryl methyl sites for hydroxylation is 1. The van der Waals surface area contributed by atoms with Crippen LogP contribution in [0.2, 0.25) is 0 Å². The molecule has 0 saturated heterocycles. The van der Waals surface area contributed by atoms with Crippen molar-refractivity contribution in [2.45, 2.75) is 19.8 Å². The molecule has 0 amide bonds. The van der Waals surface area contributed by atoms with Crippen LogP contribution in [0.3, 0.4) is 0 Å². The molecule has 0 fully saturated rings. The molecule has 0 aliphatic rings. The minimum atomic E-state index is 0.390. The molecule has 1 heterocycles. The van der Waals surface area contributed by atoms with Gasteiger partial charge in [-0.1, -0.05) is 26.0 Å². The van der Waals surface area contributed by atoms with Gasteiger partial charge in [0.05, 0.1) is 12.6 Å². The van der Waals surface area contributed by atoms with Gasteiger partial charge in [-0.05, 0) is 24.1 Å². The average molecular weight is 246 g/mol. The summed E-state index contributed by atoms with van der Waals surface area (Å²) in [6.07, 6.45) is 2.19. The fourth-order valence-electron chi connectivity index (χ4n) is 2.68. The number of hydrogen-bond acceptors (Lipinski definition) is 2. The number of rotatable bonds is 4. The third kappa shape index (κ3) is 1.99. The van der Waals surface area contributed by atoms with E-state index >= 15 is 0 Å². The largest absolute Gasteiger partial charge is 0.495 e. The lowest BCUT2D eigenvalue weighted by atomic mass is 9.88. The molecule has 18 heavy (non-hydrogen) atoms. The van der Waals surface area contributed by atoms with Gasteiger partial charge in [0.2, 0.25) is 0 Å². The van der Waals surface area contributed by atoms with Gasteiger partial charge < -0.3 is 15.0 Å². The Labute approximate surface area is 109 Å². The SMILES string of the molecule is COc1cccc2c(C(CN)C(C)C)cn(C)c12. The lowest BCUT2D eigenvalue weighted by Crippen LogP contribution is -2.17. The summed E-state index contributed by atoms with van der Waals surface area (Å²) in [6.45, 7) is 5.11. The van der Waals surface area contributed by atoms with Gasteiger partial charge in [0.25, 0.3) is 0 Å². The van der Waals surface area contributed by atoms with Gasteiger partial charge >= 0.3 is 0 Å². The Bertz CT molecular complexity index is 543. The standard InChI is InChI=1S/C15H22N2O/c1-10(2)12(8-16)13-9-17(3)15-11(13)6-5-7-14(15)18-4/h5-7,9-10,12H,8,16H2,1-4H3. The highest BCUT2D eigenvalue weighted by molar-refractivity contribution is 5.89. The first kappa shape index (κ1) is 13.0. The molecule has 1 unspecified atom stereocenters. The van der Waals surface area contributed by atoms with Gasteiger partial charge in [-0.3, -0.25) is 0 Å². The zero-order chi connectivity index (χ0) is 13.3. The zero-order valence-electron chi connectivity index (χ0n) is 11.6. The lowest BCUT2D eigenvalue weighted by Gasteiger charge is -2.18. The number of para-hydroxylation sites is 1. The van der Waals surface area contributed by atoms with Gasteiger partial charge in [0.1, 0.15) is 5.75 Å². The lowest BCUT2D eigenvalue weighted by molar-refractivity contribution is 0.418. The maximum atomic E-state index is 5.94. The number of benzene rings is 1. The van der Waals surface area contributed by atoms with Crippen molar-refractivity contribution in [1.29, 1.82) is 0 Å². The fourth-order valence-corrected chi connectivity index (χ4v) is 2.68. The number of hydrogen-bond donors (Lipinski definition) is 1. The van der Waals surface area contributed by atoms with Crippen LogP contribution in [0.1, 0.15) is 25.3 Å². The predicted molar refractivity (Wildman–Crippen MR) is 76.1 cm³/mol. The monoisotopic (exact) mass is 246 g/mol. The predicted octanol–water partition coefficient (Wildman–Crippen LogP) is 2.89. The third-order valence-corrected chi connectivity index (χ3v) is 3.67. The van der Waals surface area contributed by atoms with Gasteiger partial charge in [-0.15, -0.1) is 0 Å². The van der Waals surface area contributed by atoms with Crippen molar-refractivity contribution in [3.8, 4) is 5.75 Å². The molecule has 2 aromatic rings. The molecule has 98 valence electrons. The van der Waals surface area contributed by atoms with Crippen molar-refractivity contribution in [1.82, 2.24) is 4.57 Å². The van der Waals surface area contributed by atoms with Crippen LogP contribution in [-0.2, 0) is 7.05 Å². The Morgan fingerprint density at radius 3 is 2.61 bits per heavy atom. The van der Waals surface area contributed by atoms with Crippen molar-refractivity contribution in [2.75, 3.05) is 13.7 Å². The minimum Gasteiger partial charge on any atom is -0.495 e. The van der Waals surface area contributed by atoms with E-state index < -0.39 is 0 Å². The minimum absolute atomic E-state index is 0.390. The number of ether oxygens (including phenoxy) is 1. The van der Waals surface area contributed by atoms with Crippen molar-refractivity contribution < 1.29 is 4.74 Å². The topological polar surface area (TPSA) is 40.2 Å². The van der Waals surface area contributed by atoms with E-state index in [2.05, 4.69) is 37.7 Å². The molecule has 2 rings (SSSR count). The Morgan fingerprint density at radius 2 is 2.06 bits per heavy atom. The Balaban J connectivity index is 2.67. The highest BCUT2D eigenvalue weighted by Gasteiger charge is 2.20. The van der Waals surface area contributed by atoms with Crippen LogP contribution >= 0.6 is 0 Å².